The molecule has 1 amide bonds. The third-order valence-electron chi connectivity index (χ3n) is 8.58. The Kier molecular flexibility index (Phi) is 5.13. The fraction of sp³-hybridized carbons (Fsp3) is 0.708. The molecule has 1 aromatic rings. The fourth-order valence-corrected chi connectivity index (χ4v) is 7.03. The van der Waals surface area contributed by atoms with Crippen LogP contribution in [0.1, 0.15) is 44.1 Å². The average molecular weight is 418 g/mol. The lowest BCUT2D eigenvalue weighted by atomic mass is 9.65. The first-order valence-corrected chi connectivity index (χ1v) is 11.6. The minimum atomic E-state index is -0.785. The third-order valence-corrected chi connectivity index (χ3v) is 8.58. The van der Waals surface area contributed by atoms with E-state index in [9.17, 15) is 13.6 Å². The van der Waals surface area contributed by atoms with Crippen LogP contribution in [0.4, 0.5) is 8.78 Å². The highest BCUT2D eigenvalue weighted by Gasteiger charge is 2.64. The maximum Gasteiger partial charge on any atom is 0.230 e. The van der Waals surface area contributed by atoms with Crippen molar-refractivity contribution < 1.29 is 13.6 Å². The summed E-state index contributed by atoms with van der Waals surface area (Å²) < 4.78 is 26.8. The maximum absolute atomic E-state index is 13.6. The quantitative estimate of drug-likeness (QED) is 0.753. The van der Waals surface area contributed by atoms with E-state index in [1.165, 1.54) is 12.1 Å². The molecular formula is C24H33F2N3O. The smallest absolute Gasteiger partial charge is 0.230 e. The van der Waals surface area contributed by atoms with Crippen molar-refractivity contribution in [1.29, 1.82) is 0 Å². The lowest BCUT2D eigenvalue weighted by Crippen LogP contribution is -2.49. The Hall–Kier alpha value is -1.53. The number of carbonyl (C=O) groups excluding carboxylic acids is 1. The molecule has 3 saturated heterocycles. The summed E-state index contributed by atoms with van der Waals surface area (Å²) in [6.07, 6.45) is 6.68. The molecule has 1 aromatic carbocycles. The molecule has 4 fully saturated rings. The summed E-state index contributed by atoms with van der Waals surface area (Å²) in [7, 11) is 2.17. The van der Waals surface area contributed by atoms with Crippen LogP contribution in [-0.2, 0) is 11.3 Å². The first-order chi connectivity index (χ1) is 14.4. The zero-order chi connectivity index (χ0) is 20.9. The Morgan fingerprint density at radius 2 is 1.77 bits per heavy atom. The van der Waals surface area contributed by atoms with Crippen molar-refractivity contribution in [2.45, 2.75) is 45.1 Å². The predicted octanol–water partition coefficient (Wildman–Crippen LogP) is 3.51. The zero-order valence-electron chi connectivity index (χ0n) is 18.0. The van der Waals surface area contributed by atoms with E-state index < -0.39 is 11.6 Å². The van der Waals surface area contributed by atoms with E-state index in [-0.39, 0.29) is 10.8 Å². The number of nitrogens with zero attached hydrogens (tertiary/aromatic N) is 3. The molecule has 4 aliphatic rings. The van der Waals surface area contributed by atoms with E-state index >= 15 is 0 Å². The molecule has 1 spiro atoms. The van der Waals surface area contributed by atoms with Gasteiger partial charge in [0.15, 0.2) is 11.6 Å². The van der Waals surface area contributed by atoms with Crippen molar-refractivity contribution >= 4 is 5.91 Å². The second-order valence-electron chi connectivity index (χ2n) is 10.3. The molecule has 2 atom stereocenters. The number of amides is 1. The van der Waals surface area contributed by atoms with Crippen LogP contribution in [0.5, 0.6) is 0 Å². The highest BCUT2D eigenvalue weighted by molar-refractivity contribution is 5.84. The van der Waals surface area contributed by atoms with Gasteiger partial charge in [0.1, 0.15) is 0 Å². The topological polar surface area (TPSA) is 26.8 Å². The molecule has 0 bridgehead atoms. The van der Waals surface area contributed by atoms with E-state index in [0.717, 1.165) is 83.4 Å². The number of hydrogen-bond acceptors (Lipinski definition) is 3. The molecule has 0 N–H and O–H groups in total. The molecule has 0 radical (unpaired) electrons. The van der Waals surface area contributed by atoms with Crippen LogP contribution in [0.2, 0.25) is 0 Å². The molecular weight excluding hydrogens is 384 g/mol. The number of halogens is 2. The second-order valence-corrected chi connectivity index (χ2v) is 10.3. The molecule has 1 aliphatic carbocycles. The predicted molar refractivity (Wildman–Crippen MR) is 112 cm³/mol. The van der Waals surface area contributed by atoms with Gasteiger partial charge >= 0.3 is 0 Å². The summed E-state index contributed by atoms with van der Waals surface area (Å²) in [6.45, 7) is 6.41. The zero-order valence-corrected chi connectivity index (χ0v) is 18.0. The summed E-state index contributed by atoms with van der Waals surface area (Å²) in [6, 6.07) is 4.23. The lowest BCUT2D eigenvalue weighted by molar-refractivity contribution is -0.142. The van der Waals surface area contributed by atoms with Gasteiger partial charge in [0.05, 0.1) is 5.41 Å². The normalized spacial score (nSPS) is 31.6. The van der Waals surface area contributed by atoms with Crippen LogP contribution in [0.25, 0.3) is 0 Å². The highest BCUT2D eigenvalue weighted by Crippen LogP contribution is 2.62. The van der Waals surface area contributed by atoms with Gasteiger partial charge in [-0.05, 0) is 87.7 Å². The summed E-state index contributed by atoms with van der Waals surface area (Å²) in [4.78, 5) is 20.5. The van der Waals surface area contributed by atoms with Crippen LogP contribution < -0.4 is 0 Å². The molecule has 3 heterocycles. The van der Waals surface area contributed by atoms with Crippen LogP contribution in [0.15, 0.2) is 18.2 Å². The second kappa shape index (κ2) is 7.56. The minimum Gasteiger partial charge on any atom is -0.342 e. The van der Waals surface area contributed by atoms with E-state index in [4.69, 9.17) is 0 Å². The van der Waals surface area contributed by atoms with Gasteiger partial charge in [-0.25, -0.2) is 8.78 Å². The Bertz CT molecular complexity index is 817. The van der Waals surface area contributed by atoms with E-state index in [1.807, 2.05) is 0 Å². The molecule has 0 unspecified atom stereocenters. The van der Waals surface area contributed by atoms with Gasteiger partial charge in [-0.2, -0.15) is 0 Å². The Balaban J connectivity index is 1.29. The molecule has 164 valence electrons. The van der Waals surface area contributed by atoms with Gasteiger partial charge < -0.3 is 9.80 Å². The van der Waals surface area contributed by atoms with Crippen molar-refractivity contribution in [3.8, 4) is 0 Å². The van der Waals surface area contributed by atoms with E-state index in [1.54, 1.807) is 6.07 Å². The van der Waals surface area contributed by atoms with Crippen molar-refractivity contribution in [2.24, 2.45) is 16.7 Å². The Labute approximate surface area is 178 Å². The summed E-state index contributed by atoms with van der Waals surface area (Å²) in [5.41, 5.74) is 0.905. The fourth-order valence-electron chi connectivity index (χ4n) is 7.03. The van der Waals surface area contributed by atoms with Crippen molar-refractivity contribution in [3.05, 3.63) is 35.4 Å². The first-order valence-electron chi connectivity index (χ1n) is 11.6. The molecule has 3 aliphatic heterocycles. The van der Waals surface area contributed by atoms with E-state index in [2.05, 4.69) is 21.7 Å². The van der Waals surface area contributed by atoms with Crippen LogP contribution in [0.3, 0.4) is 0 Å². The molecule has 1 saturated carbocycles. The molecule has 30 heavy (non-hydrogen) atoms. The monoisotopic (exact) mass is 417 g/mol. The average Bonchev–Trinajstić information content (AvgIpc) is 3.44. The van der Waals surface area contributed by atoms with E-state index in [0.29, 0.717) is 18.4 Å². The molecule has 5 rings (SSSR count). The summed E-state index contributed by atoms with van der Waals surface area (Å²) in [5, 5.41) is 0. The number of hydrogen-bond donors (Lipinski definition) is 0. The van der Waals surface area contributed by atoms with Crippen LogP contribution in [-0.4, -0.2) is 66.9 Å². The van der Waals surface area contributed by atoms with Crippen molar-refractivity contribution in [2.75, 3.05) is 46.3 Å². The number of rotatable bonds is 3. The molecule has 4 nitrogen and oxygen atoms in total. The Morgan fingerprint density at radius 1 is 1.03 bits per heavy atom. The first kappa shape index (κ1) is 20.4. The SMILES string of the molecule is CN1C[C@H]2C3(CCN(Cc4ccc(F)c(F)c4)CC3)CC[C@@]2(C(=O)N2CCCC2)C1. The summed E-state index contributed by atoms with van der Waals surface area (Å²) >= 11 is 0. The van der Waals surface area contributed by atoms with Crippen molar-refractivity contribution in [1.82, 2.24) is 14.7 Å². The number of benzene rings is 1. The Morgan fingerprint density at radius 3 is 2.47 bits per heavy atom. The maximum atomic E-state index is 13.6. The lowest BCUT2D eigenvalue weighted by Gasteiger charge is -2.45. The number of likely N-dealkylation sites (tertiary alicyclic amines) is 3. The highest BCUT2D eigenvalue weighted by atomic mass is 19.2. The van der Waals surface area contributed by atoms with Gasteiger partial charge in [0.25, 0.3) is 0 Å². The molecule has 0 aromatic heterocycles. The number of piperidine rings is 1. The van der Waals surface area contributed by atoms with Gasteiger partial charge in [-0.15, -0.1) is 0 Å². The van der Waals surface area contributed by atoms with Crippen LogP contribution in [0, 0.1) is 28.4 Å². The van der Waals surface area contributed by atoms with Gasteiger partial charge in [-0.1, -0.05) is 6.07 Å². The standard InChI is InChI=1S/C24H33F2N3O/c1-27-16-21-23(6-7-24(21,17-27)22(30)29-10-2-3-11-29)8-12-28(13-9-23)15-18-4-5-19(25)20(26)14-18/h4-5,14,21H,2-3,6-13,15-17H2,1H3/t21-,24+/m0/s1. The number of carbonyl (C=O) groups is 1. The van der Waals surface area contributed by atoms with Gasteiger partial charge in [0.2, 0.25) is 5.91 Å². The number of fused-ring (bicyclic) bond motifs is 2. The summed E-state index contributed by atoms with van der Waals surface area (Å²) in [5.74, 6) is -0.674. The van der Waals surface area contributed by atoms with Gasteiger partial charge in [-0.3, -0.25) is 9.69 Å². The van der Waals surface area contributed by atoms with Gasteiger partial charge in [0, 0.05) is 32.7 Å². The largest absolute Gasteiger partial charge is 0.342 e. The van der Waals surface area contributed by atoms with Crippen LogP contribution >= 0.6 is 0 Å². The van der Waals surface area contributed by atoms with Crippen molar-refractivity contribution in [3.63, 3.8) is 0 Å². The minimum absolute atomic E-state index is 0.179. The molecule has 6 heteroatoms. The third kappa shape index (κ3) is 3.27.